The molecule has 0 spiro atoms. The van der Waals surface area contributed by atoms with E-state index in [2.05, 4.69) is 10.1 Å². The van der Waals surface area contributed by atoms with Gasteiger partial charge >= 0.3 is 5.97 Å². The minimum atomic E-state index is -0.980. The first kappa shape index (κ1) is 14.4. The predicted molar refractivity (Wildman–Crippen MR) is 65.0 cm³/mol. The highest BCUT2D eigenvalue weighted by Gasteiger charge is 2.10. The van der Waals surface area contributed by atoms with Crippen molar-refractivity contribution in [3.8, 4) is 12.5 Å². The molecule has 1 aromatic rings. The third kappa shape index (κ3) is 3.38. The van der Waals surface area contributed by atoms with Crippen LogP contribution in [0.3, 0.4) is 0 Å². The molecule has 0 aliphatic heterocycles. The number of esters is 1. The fourth-order valence-electron chi connectivity index (χ4n) is 1.30. The Morgan fingerprint density at radius 3 is 2.47 bits per heavy atom. The zero-order chi connectivity index (χ0) is 14.4. The maximum atomic E-state index is 12.0. The summed E-state index contributed by atoms with van der Waals surface area (Å²) in [5, 5.41) is 33.2. The average Bonchev–Trinajstić information content (AvgIpc) is 2.39. The van der Waals surface area contributed by atoms with Crippen molar-refractivity contribution < 1.29 is 19.8 Å². The molecule has 0 aliphatic carbocycles. The third-order valence-corrected chi connectivity index (χ3v) is 2.18. The monoisotopic (exact) mass is 262 g/mol. The van der Waals surface area contributed by atoms with Gasteiger partial charge in [-0.2, -0.15) is 0 Å². The van der Waals surface area contributed by atoms with Crippen LogP contribution < -0.4 is 15.6 Å². The third-order valence-electron chi connectivity index (χ3n) is 2.18. The van der Waals surface area contributed by atoms with E-state index in [-0.39, 0.29) is 22.2 Å². The number of hydrogen-bond acceptors (Lipinski definition) is 7. The summed E-state index contributed by atoms with van der Waals surface area (Å²) < 4.78 is 4.27. The summed E-state index contributed by atoms with van der Waals surface area (Å²) >= 11 is 0. The Bertz CT molecular complexity index is 528. The van der Waals surface area contributed by atoms with Crippen LogP contribution in [0.1, 0.15) is 5.56 Å². The lowest BCUT2D eigenvalue weighted by molar-refractivity contribution is -0.245. The second-order valence-electron chi connectivity index (χ2n) is 3.28. The maximum absolute atomic E-state index is 12.0. The summed E-state index contributed by atoms with van der Waals surface area (Å²) in [6.07, 6.45) is 6.47. The minimum absolute atomic E-state index is 0.0474. The fraction of sp³-hybridized carbons (Fsp3) is 0.0833. The van der Waals surface area contributed by atoms with Gasteiger partial charge in [-0.05, 0) is 17.7 Å². The van der Waals surface area contributed by atoms with E-state index in [1.165, 1.54) is 31.3 Å². The second-order valence-corrected chi connectivity index (χ2v) is 3.28. The first-order valence-electron chi connectivity index (χ1n) is 5.03. The Labute approximate surface area is 109 Å². The fourth-order valence-corrected chi connectivity index (χ4v) is 1.30. The molecule has 0 saturated heterocycles. The van der Waals surface area contributed by atoms with Gasteiger partial charge in [0.15, 0.2) is 0 Å². The second kappa shape index (κ2) is 6.30. The lowest BCUT2D eigenvalue weighted by Crippen LogP contribution is -2.23. The van der Waals surface area contributed by atoms with Gasteiger partial charge in [-0.3, -0.25) is 5.21 Å². The number of hydrogen-bond donors (Lipinski definition) is 2. The van der Waals surface area contributed by atoms with E-state index in [1.807, 2.05) is 0 Å². The van der Waals surface area contributed by atoms with E-state index in [0.29, 0.717) is 0 Å². The Kier molecular flexibility index (Phi) is 4.76. The first-order valence-corrected chi connectivity index (χ1v) is 5.03. The molecular weight excluding hydrogens is 252 g/mol. The largest absolute Gasteiger partial charge is 0.870 e. The van der Waals surface area contributed by atoms with Gasteiger partial charge in [0.05, 0.1) is 5.69 Å². The van der Waals surface area contributed by atoms with Gasteiger partial charge < -0.3 is 25.6 Å². The summed E-state index contributed by atoms with van der Waals surface area (Å²) in [6.45, 7) is 0. The van der Waals surface area contributed by atoms with Crippen molar-refractivity contribution in [2.75, 3.05) is 12.3 Å². The molecular formula is C12H10N2O5-2. The Morgan fingerprint density at radius 2 is 2.05 bits per heavy atom. The zero-order valence-electron chi connectivity index (χ0n) is 9.91. The van der Waals surface area contributed by atoms with Gasteiger partial charge in [0.1, 0.15) is 11.8 Å². The van der Waals surface area contributed by atoms with E-state index in [1.54, 1.807) is 6.11 Å². The van der Waals surface area contributed by atoms with Crippen LogP contribution in [-0.4, -0.2) is 18.2 Å². The molecule has 1 aromatic carbocycles. The van der Waals surface area contributed by atoms with Crippen LogP contribution in [0.25, 0.3) is 5.76 Å². The van der Waals surface area contributed by atoms with Gasteiger partial charge in [0.2, 0.25) is 0 Å². The molecule has 7 nitrogen and oxygen atoms in total. The number of ether oxygens (including phenoxy) is 1. The SMILES string of the molecule is C#COC(=O)/C(NC)=C(\[O-])c1ccc(N([O-])O)cc1. The van der Waals surface area contributed by atoms with Crippen LogP contribution in [0, 0.1) is 17.7 Å². The van der Waals surface area contributed by atoms with Gasteiger partial charge in [0.25, 0.3) is 0 Å². The van der Waals surface area contributed by atoms with Crippen molar-refractivity contribution in [2.24, 2.45) is 0 Å². The summed E-state index contributed by atoms with van der Waals surface area (Å²) in [6, 6.07) is 5.00. The lowest BCUT2D eigenvalue weighted by Gasteiger charge is -2.23. The van der Waals surface area contributed by atoms with E-state index in [4.69, 9.17) is 11.6 Å². The molecule has 0 fully saturated rings. The van der Waals surface area contributed by atoms with Crippen LogP contribution in [0.2, 0.25) is 0 Å². The summed E-state index contributed by atoms with van der Waals surface area (Å²) in [7, 11) is 1.37. The van der Waals surface area contributed by atoms with E-state index < -0.39 is 11.7 Å². The summed E-state index contributed by atoms with van der Waals surface area (Å²) in [4.78, 5) is 11.4. The Hall–Kier alpha value is -2.69. The highest BCUT2D eigenvalue weighted by atomic mass is 16.8. The number of benzene rings is 1. The molecule has 2 N–H and O–H groups in total. The number of nitrogens with one attached hydrogen (secondary N) is 1. The highest BCUT2D eigenvalue weighted by molar-refractivity contribution is 5.95. The molecule has 0 aromatic heterocycles. The summed E-state index contributed by atoms with van der Waals surface area (Å²) in [5.41, 5.74) is -0.258. The highest BCUT2D eigenvalue weighted by Crippen LogP contribution is 2.17. The average molecular weight is 262 g/mol. The Balaban J connectivity index is 3.12. The van der Waals surface area contributed by atoms with E-state index in [9.17, 15) is 15.1 Å². The molecule has 7 heteroatoms. The molecule has 1 rings (SSSR count). The molecule has 0 unspecified atom stereocenters. The van der Waals surface area contributed by atoms with Gasteiger partial charge in [-0.15, -0.1) is 0 Å². The molecule has 0 radical (unpaired) electrons. The Morgan fingerprint density at radius 1 is 1.47 bits per heavy atom. The first-order chi connectivity index (χ1) is 9.01. The number of rotatable bonds is 4. The van der Waals surface area contributed by atoms with Crippen molar-refractivity contribution in [1.29, 1.82) is 0 Å². The number of carbonyl (C=O) groups excluding carboxylic acids is 1. The number of anilines is 1. The van der Waals surface area contributed by atoms with Crippen LogP contribution in [0.5, 0.6) is 0 Å². The topological polar surface area (TPSA) is 108 Å². The van der Waals surface area contributed by atoms with Crippen molar-refractivity contribution >= 4 is 17.4 Å². The smallest absolute Gasteiger partial charge is 0.367 e. The van der Waals surface area contributed by atoms with Crippen molar-refractivity contribution in [3.05, 3.63) is 40.7 Å². The number of carbonyl (C=O) groups is 1. The predicted octanol–water partition coefficient (Wildman–Crippen LogP) is -0.238. The van der Waals surface area contributed by atoms with Crippen molar-refractivity contribution in [1.82, 2.24) is 5.32 Å². The van der Waals surface area contributed by atoms with Gasteiger partial charge in [-0.1, -0.05) is 24.3 Å². The maximum Gasteiger partial charge on any atom is 0.367 e. The summed E-state index contributed by atoms with van der Waals surface area (Å²) in [5.74, 6) is -1.63. The lowest BCUT2D eigenvalue weighted by atomic mass is 10.1. The van der Waals surface area contributed by atoms with Crippen molar-refractivity contribution in [3.63, 3.8) is 0 Å². The van der Waals surface area contributed by atoms with E-state index >= 15 is 0 Å². The van der Waals surface area contributed by atoms with Gasteiger partial charge in [-0.25, -0.2) is 4.79 Å². The number of terminal acetylenes is 1. The molecule has 0 aliphatic rings. The molecule has 0 atom stereocenters. The normalized spacial score (nSPS) is 11.1. The molecule has 100 valence electrons. The van der Waals surface area contributed by atoms with Crippen LogP contribution >= 0.6 is 0 Å². The standard InChI is InChI=1S/C12H11N2O5/c1-3-19-12(16)10(13-2)11(15)8-4-6-9(7-5-8)14(17)18/h1,4-7,13,15,17H,2H3/q-1/p-1/b11-10+. The number of nitrogens with zero attached hydrogens (tertiary/aromatic N) is 1. The molecule has 19 heavy (non-hydrogen) atoms. The van der Waals surface area contributed by atoms with Crippen LogP contribution in [-0.2, 0) is 9.53 Å². The molecule has 0 saturated carbocycles. The zero-order valence-corrected chi connectivity index (χ0v) is 9.91. The number of likely N-dealkylation sites (N-methyl/N-ethyl adjacent to an activating group) is 1. The molecule has 0 heterocycles. The molecule has 0 amide bonds. The van der Waals surface area contributed by atoms with Crippen LogP contribution in [0.4, 0.5) is 5.69 Å². The minimum Gasteiger partial charge on any atom is -0.870 e. The molecule has 0 bridgehead atoms. The van der Waals surface area contributed by atoms with Crippen molar-refractivity contribution in [2.45, 2.75) is 0 Å². The van der Waals surface area contributed by atoms with Crippen LogP contribution in [0.15, 0.2) is 30.0 Å². The quantitative estimate of drug-likeness (QED) is 0.253. The van der Waals surface area contributed by atoms with Gasteiger partial charge in [0, 0.05) is 7.05 Å². The van der Waals surface area contributed by atoms with E-state index in [0.717, 1.165) is 0 Å².